The van der Waals surface area contributed by atoms with E-state index in [-0.39, 0.29) is 5.91 Å². The van der Waals surface area contributed by atoms with Crippen LogP contribution in [0, 0.1) is 20.8 Å². The summed E-state index contributed by atoms with van der Waals surface area (Å²) in [5.41, 5.74) is 5.22. The molecule has 1 aliphatic heterocycles. The van der Waals surface area contributed by atoms with Crippen molar-refractivity contribution >= 4 is 11.6 Å². The summed E-state index contributed by atoms with van der Waals surface area (Å²) in [4.78, 5) is 16.9. The molecule has 1 amide bonds. The second-order valence-corrected chi connectivity index (χ2v) is 6.95. The van der Waals surface area contributed by atoms with Gasteiger partial charge in [-0.15, -0.1) is 0 Å². The summed E-state index contributed by atoms with van der Waals surface area (Å²) in [5.74, 6) is 0.258. The van der Waals surface area contributed by atoms with Crippen LogP contribution in [-0.2, 0) is 11.3 Å². The van der Waals surface area contributed by atoms with Gasteiger partial charge in [0.25, 0.3) is 0 Å². The number of piperazine rings is 1. The molecule has 2 aromatic rings. The van der Waals surface area contributed by atoms with E-state index in [4.69, 9.17) is 0 Å². The number of benzene rings is 1. The Morgan fingerprint density at radius 2 is 1.68 bits per heavy atom. The Labute approximate surface area is 150 Å². The largest absolute Gasteiger partial charge is 0.368 e. The number of amides is 1. The van der Waals surface area contributed by atoms with Gasteiger partial charge >= 0.3 is 0 Å². The highest BCUT2D eigenvalue weighted by atomic mass is 16.2. The summed E-state index contributed by atoms with van der Waals surface area (Å²) in [6.45, 7) is 10.6. The molecule has 3 rings (SSSR count). The molecule has 1 aliphatic rings. The fourth-order valence-corrected chi connectivity index (χ4v) is 3.34. The van der Waals surface area contributed by atoms with E-state index in [1.807, 2.05) is 17.3 Å². The van der Waals surface area contributed by atoms with E-state index in [9.17, 15) is 4.79 Å². The first-order chi connectivity index (χ1) is 12.0. The first kappa shape index (κ1) is 17.5. The lowest BCUT2D eigenvalue weighted by Gasteiger charge is -2.37. The molecule has 0 bridgehead atoms. The Morgan fingerprint density at radius 3 is 2.36 bits per heavy atom. The average Bonchev–Trinajstić information content (AvgIpc) is 2.63. The number of aryl methyl sites for hydroxylation is 3. The molecule has 1 aromatic heterocycles. The van der Waals surface area contributed by atoms with Crippen molar-refractivity contribution in [3.63, 3.8) is 0 Å². The summed E-state index contributed by atoms with van der Waals surface area (Å²) >= 11 is 0. The molecule has 0 unspecified atom stereocenters. The number of hydrogen-bond donors (Lipinski definition) is 0. The predicted octanol–water partition coefficient (Wildman–Crippen LogP) is 2.64. The molecule has 1 saturated heterocycles. The third kappa shape index (κ3) is 4.19. The van der Waals surface area contributed by atoms with E-state index in [0.717, 1.165) is 32.7 Å². The number of pyridine rings is 1. The van der Waals surface area contributed by atoms with Gasteiger partial charge in [0.15, 0.2) is 18.9 Å². The fourth-order valence-electron chi connectivity index (χ4n) is 3.34. The van der Waals surface area contributed by atoms with E-state index >= 15 is 0 Å². The van der Waals surface area contributed by atoms with Crippen molar-refractivity contribution in [1.29, 1.82) is 0 Å². The molecule has 1 fully saturated rings. The van der Waals surface area contributed by atoms with E-state index < -0.39 is 0 Å². The van der Waals surface area contributed by atoms with Gasteiger partial charge in [0, 0.05) is 44.0 Å². The van der Waals surface area contributed by atoms with Crippen molar-refractivity contribution < 1.29 is 9.36 Å². The van der Waals surface area contributed by atoms with Crippen LogP contribution >= 0.6 is 0 Å². The van der Waals surface area contributed by atoms with Crippen LogP contribution in [0.25, 0.3) is 0 Å². The van der Waals surface area contributed by atoms with Gasteiger partial charge in [-0.3, -0.25) is 4.79 Å². The van der Waals surface area contributed by atoms with E-state index in [1.165, 1.54) is 22.4 Å². The average molecular weight is 338 g/mol. The van der Waals surface area contributed by atoms with Gasteiger partial charge in [0.05, 0.1) is 6.42 Å². The van der Waals surface area contributed by atoms with Gasteiger partial charge in [0.1, 0.15) is 0 Å². The van der Waals surface area contributed by atoms with Crippen LogP contribution in [0.2, 0.25) is 0 Å². The van der Waals surface area contributed by atoms with Crippen molar-refractivity contribution in [2.45, 2.75) is 33.7 Å². The zero-order chi connectivity index (χ0) is 17.8. The lowest BCUT2D eigenvalue weighted by Crippen LogP contribution is -2.49. The highest BCUT2D eigenvalue weighted by Gasteiger charge is 2.22. The Kier molecular flexibility index (Phi) is 5.37. The number of carbonyl (C=O) groups excluding carboxylic acids is 1. The summed E-state index contributed by atoms with van der Waals surface area (Å²) < 4.78 is 2.08. The predicted molar refractivity (Wildman–Crippen MR) is 101 cm³/mol. The van der Waals surface area contributed by atoms with Crippen molar-refractivity contribution in [2.75, 3.05) is 31.1 Å². The molecule has 0 aliphatic carbocycles. The number of aromatic nitrogens is 1. The third-order valence-electron chi connectivity index (χ3n) is 5.19. The second-order valence-electron chi connectivity index (χ2n) is 6.95. The van der Waals surface area contributed by atoms with Crippen LogP contribution in [-0.4, -0.2) is 37.0 Å². The maximum Gasteiger partial charge on any atom is 0.229 e. The topological polar surface area (TPSA) is 27.4 Å². The van der Waals surface area contributed by atoms with Gasteiger partial charge in [-0.25, -0.2) is 4.57 Å². The molecule has 0 radical (unpaired) electrons. The lowest BCUT2D eigenvalue weighted by atomic mass is 10.1. The highest BCUT2D eigenvalue weighted by Crippen LogP contribution is 2.23. The molecule has 0 N–H and O–H groups in total. The van der Waals surface area contributed by atoms with E-state index in [2.05, 4.69) is 60.6 Å². The van der Waals surface area contributed by atoms with Crippen molar-refractivity contribution in [2.24, 2.45) is 0 Å². The van der Waals surface area contributed by atoms with Crippen LogP contribution in [0.3, 0.4) is 0 Å². The highest BCUT2D eigenvalue weighted by molar-refractivity contribution is 5.76. The standard InChI is InChI=1S/C21H28N3O/c1-17-7-10-22(11-8-17)12-9-21(25)24-15-13-23(14-16-24)20-6-4-5-18(2)19(20)3/h4-8,10-11H,9,12-16H2,1-3H3/q+1. The number of anilines is 1. The van der Waals surface area contributed by atoms with Gasteiger partial charge in [-0.1, -0.05) is 12.1 Å². The fraction of sp³-hybridized carbons (Fsp3) is 0.429. The van der Waals surface area contributed by atoms with Crippen molar-refractivity contribution in [3.05, 3.63) is 59.4 Å². The molecule has 2 heterocycles. The minimum atomic E-state index is 0.258. The van der Waals surface area contributed by atoms with Gasteiger partial charge in [-0.2, -0.15) is 0 Å². The smallest absolute Gasteiger partial charge is 0.229 e. The monoisotopic (exact) mass is 338 g/mol. The molecule has 1 aromatic carbocycles. The maximum absolute atomic E-state index is 12.5. The SMILES string of the molecule is Cc1cc[n+](CCC(=O)N2CCN(c3cccc(C)c3C)CC2)cc1. The molecular weight excluding hydrogens is 310 g/mol. The number of nitrogens with zero attached hydrogens (tertiary/aromatic N) is 3. The van der Waals surface area contributed by atoms with Crippen LogP contribution in [0.15, 0.2) is 42.7 Å². The maximum atomic E-state index is 12.5. The van der Waals surface area contributed by atoms with Crippen LogP contribution < -0.4 is 9.47 Å². The summed E-state index contributed by atoms with van der Waals surface area (Å²) in [6, 6.07) is 10.6. The minimum Gasteiger partial charge on any atom is -0.368 e. The summed E-state index contributed by atoms with van der Waals surface area (Å²) in [6.07, 6.45) is 4.65. The lowest BCUT2D eigenvalue weighted by molar-refractivity contribution is -0.696. The molecular formula is C21H28N3O+. The number of carbonyl (C=O) groups is 1. The normalized spacial score (nSPS) is 14.7. The van der Waals surface area contributed by atoms with Crippen molar-refractivity contribution in [3.8, 4) is 0 Å². The first-order valence-electron chi connectivity index (χ1n) is 9.09. The Bertz CT molecular complexity index is 731. The molecule has 0 saturated carbocycles. The van der Waals surface area contributed by atoms with E-state index in [0.29, 0.717) is 6.42 Å². The van der Waals surface area contributed by atoms with E-state index in [1.54, 1.807) is 0 Å². The van der Waals surface area contributed by atoms with Crippen molar-refractivity contribution in [1.82, 2.24) is 4.90 Å². The summed E-state index contributed by atoms with van der Waals surface area (Å²) in [5, 5.41) is 0. The van der Waals surface area contributed by atoms with Crippen LogP contribution in [0.4, 0.5) is 5.69 Å². The molecule has 4 heteroatoms. The Hall–Kier alpha value is -2.36. The van der Waals surface area contributed by atoms with Gasteiger partial charge < -0.3 is 9.80 Å². The Morgan fingerprint density at radius 1 is 1.00 bits per heavy atom. The number of rotatable bonds is 4. The minimum absolute atomic E-state index is 0.258. The van der Waals surface area contributed by atoms with Crippen LogP contribution in [0.1, 0.15) is 23.1 Å². The molecule has 25 heavy (non-hydrogen) atoms. The number of hydrogen-bond acceptors (Lipinski definition) is 2. The molecule has 132 valence electrons. The zero-order valence-corrected chi connectivity index (χ0v) is 15.5. The molecule has 0 spiro atoms. The quantitative estimate of drug-likeness (QED) is 0.802. The first-order valence-corrected chi connectivity index (χ1v) is 9.09. The zero-order valence-electron chi connectivity index (χ0n) is 15.5. The van der Waals surface area contributed by atoms with Crippen LogP contribution in [0.5, 0.6) is 0 Å². The molecule has 0 atom stereocenters. The van der Waals surface area contributed by atoms with Gasteiger partial charge in [-0.05, 0) is 43.5 Å². The summed E-state index contributed by atoms with van der Waals surface area (Å²) in [7, 11) is 0. The molecule has 4 nitrogen and oxygen atoms in total. The van der Waals surface area contributed by atoms with Gasteiger partial charge in [0.2, 0.25) is 5.91 Å². The Balaban J connectivity index is 1.52. The third-order valence-corrected chi connectivity index (χ3v) is 5.19. The second kappa shape index (κ2) is 7.68.